The number of benzene rings is 1. The highest BCUT2D eigenvalue weighted by Crippen LogP contribution is 2.23. The van der Waals surface area contributed by atoms with E-state index in [0.717, 1.165) is 39.0 Å². The van der Waals surface area contributed by atoms with Gasteiger partial charge in [-0.1, -0.05) is 29.8 Å². The minimum Gasteiger partial charge on any atom is -0.345 e. The number of pyridine rings is 1. The lowest BCUT2D eigenvalue weighted by atomic mass is 10.1. The first kappa shape index (κ1) is 14.3. The summed E-state index contributed by atoms with van der Waals surface area (Å²) in [4.78, 5) is 16.9. The number of halogens is 1. The van der Waals surface area contributed by atoms with Crippen LogP contribution in [0.3, 0.4) is 0 Å². The second-order valence-corrected chi connectivity index (χ2v) is 6.65. The Balaban J connectivity index is 1.63. The molecule has 2 aromatic heterocycles. The van der Waals surface area contributed by atoms with Crippen molar-refractivity contribution in [2.24, 2.45) is 9.98 Å². The van der Waals surface area contributed by atoms with E-state index in [1.165, 1.54) is 11.1 Å². The number of aromatic amines is 1. The van der Waals surface area contributed by atoms with Crippen molar-refractivity contribution in [3.05, 3.63) is 63.9 Å². The van der Waals surface area contributed by atoms with E-state index in [1.54, 1.807) is 6.20 Å². The molecule has 0 saturated heterocycles. The van der Waals surface area contributed by atoms with Crippen molar-refractivity contribution in [3.8, 4) is 0 Å². The number of aliphatic imine (C=N–C) groups is 2. The van der Waals surface area contributed by atoms with Crippen LogP contribution in [0.5, 0.6) is 0 Å². The Labute approximate surface area is 142 Å². The van der Waals surface area contributed by atoms with Gasteiger partial charge in [0.1, 0.15) is 5.65 Å². The maximum absolute atomic E-state index is 4.74. The first-order chi connectivity index (χ1) is 11.2. The van der Waals surface area contributed by atoms with Gasteiger partial charge in [0.05, 0.1) is 6.54 Å². The third-order valence-electron chi connectivity index (χ3n) is 3.90. The largest absolute Gasteiger partial charge is 0.345 e. The SMILES string of the molecule is Cc1cccc(CC2=NC(c3c[nH]c4ncc(Br)cc34)=NC2)c1. The molecule has 0 radical (unpaired) electrons. The Bertz CT molecular complexity index is 953. The predicted molar refractivity (Wildman–Crippen MR) is 97.5 cm³/mol. The van der Waals surface area contributed by atoms with E-state index in [-0.39, 0.29) is 0 Å². The van der Waals surface area contributed by atoms with Crippen molar-refractivity contribution in [2.75, 3.05) is 6.54 Å². The second kappa shape index (κ2) is 5.74. The van der Waals surface area contributed by atoms with Crippen LogP contribution in [0.25, 0.3) is 11.0 Å². The summed E-state index contributed by atoms with van der Waals surface area (Å²) in [6.07, 6.45) is 4.56. The van der Waals surface area contributed by atoms with E-state index in [2.05, 4.69) is 62.1 Å². The first-order valence-corrected chi connectivity index (χ1v) is 8.28. The van der Waals surface area contributed by atoms with Crippen molar-refractivity contribution in [1.29, 1.82) is 0 Å². The average molecular weight is 367 g/mol. The smallest absolute Gasteiger partial charge is 0.157 e. The van der Waals surface area contributed by atoms with Crippen LogP contribution in [0.2, 0.25) is 0 Å². The molecule has 114 valence electrons. The fourth-order valence-corrected chi connectivity index (χ4v) is 3.18. The summed E-state index contributed by atoms with van der Waals surface area (Å²) in [7, 11) is 0. The molecule has 3 aromatic rings. The van der Waals surface area contributed by atoms with Gasteiger partial charge in [0, 0.05) is 39.9 Å². The van der Waals surface area contributed by atoms with Gasteiger partial charge >= 0.3 is 0 Å². The number of rotatable bonds is 3. The van der Waals surface area contributed by atoms with Crippen LogP contribution in [0, 0.1) is 6.92 Å². The Morgan fingerprint density at radius 3 is 3.04 bits per heavy atom. The van der Waals surface area contributed by atoms with Crippen LogP contribution in [-0.4, -0.2) is 28.1 Å². The predicted octanol–water partition coefficient (Wildman–Crippen LogP) is 4.08. The van der Waals surface area contributed by atoms with Gasteiger partial charge in [0.25, 0.3) is 0 Å². The fraction of sp³-hybridized carbons (Fsp3) is 0.167. The van der Waals surface area contributed by atoms with E-state index in [9.17, 15) is 0 Å². The van der Waals surface area contributed by atoms with Gasteiger partial charge < -0.3 is 4.98 Å². The van der Waals surface area contributed by atoms with E-state index in [0.29, 0.717) is 6.54 Å². The molecule has 1 aliphatic rings. The molecular formula is C18H15BrN4. The molecule has 0 atom stereocenters. The zero-order valence-electron chi connectivity index (χ0n) is 12.7. The van der Waals surface area contributed by atoms with Gasteiger partial charge in [-0.05, 0) is 34.5 Å². The number of nitrogens with one attached hydrogen (secondary N) is 1. The zero-order chi connectivity index (χ0) is 15.8. The molecule has 1 aromatic carbocycles. The summed E-state index contributed by atoms with van der Waals surface area (Å²) >= 11 is 3.47. The number of aromatic nitrogens is 2. The molecule has 23 heavy (non-hydrogen) atoms. The minimum atomic E-state index is 0.664. The standard InChI is InChI=1S/C18H15BrN4/c1-11-3-2-4-12(5-11)6-14-9-21-18(23-14)16-10-22-17-15(16)7-13(19)8-20-17/h2-5,7-8,10H,6,9H2,1H3,(H,20,22). The Kier molecular flexibility index (Phi) is 3.58. The van der Waals surface area contributed by atoms with E-state index < -0.39 is 0 Å². The van der Waals surface area contributed by atoms with Gasteiger partial charge in [-0.2, -0.15) is 0 Å². The molecule has 0 saturated carbocycles. The van der Waals surface area contributed by atoms with Crippen LogP contribution in [0.4, 0.5) is 0 Å². The van der Waals surface area contributed by atoms with Gasteiger partial charge in [-0.25, -0.2) is 9.98 Å². The van der Waals surface area contributed by atoms with E-state index >= 15 is 0 Å². The maximum Gasteiger partial charge on any atom is 0.157 e. The van der Waals surface area contributed by atoms with Crippen LogP contribution < -0.4 is 0 Å². The quantitative estimate of drug-likeness (QED) is 0.745. The van der Waals surface area contributed by atoms with Crippen molar-refractivity contribution in [1.82, 2.24) is 9.97 Å². The highest BCUT2D eigenvalue weighted by molar-refractivity contribution is 9.10. The highest BCUT2D eigenvalue weighted by Gasteiger charge is 2.16. The molecule has 0 bridgehead atoms. The molecule has 1 aliphatic heterocycles. The van der Waals surface area contributed by atoms with Gasteiger partial charge in [-0.3, -0.25) is 4.99 Å². The highest BCUT2D eigenvalue weighted by atomic mass is 79.9. The van der Waals surface area contributed by atoms with Gasteiger partial charge in [-0.15, -0.1) is 0 Å². The van der Waals surface area contributed by atoms with Crippen LogP contribution in [0.1, 0.15) is 16.7 Å². The van der Waals surface area contributed by atoms with Gasteiger partial charge in [0.2, 0.25) is 0 Å². The minimum absolute atomic E-state index is 0.664. The normalized spacial score (nSPS) is 14.2. The molecule has 5 heteroatoms. The van der Waals surface area contributed by atoms with Crippen molar-refractivity contribution < 1.29 is 0 Å². The summed E-state index contributed by atoms with van der Waals surface area (Å²) in [5.74, 6) is 0.791. The van der Waals surface area contributed by atoms with E-state index in [4.69, 9.17) is 4.99 Å². The number of H-pyrrole nitrogens is 1. The molecule has 3 heterocycles. The lowest BCUT2D eigenvalue weighted by Gasteiger charge is -2.01. The number of nitrogens with zero attached hydrogens (tertiary/aromatic N) is 3. The molecular weight excluding hydrogens is 352 g/mol. The molecule has 0 aliphatic carbocycles. The van der Waals surface area contributed by atoms with Crippen LogP contribution >= 0.6 is 15.9 Å². The van der Waals surface area contributed by atoms with E-state index in [1.807, 2.05) is 12.3 Å². The van der Waals surface area contributed by atoms with Crippen molar-refractivity contribution in [3.63, 3.8) is 0 Å². The average Bonchev–Trinajstić information content (AvgIpc) is 3.13. The number of aryl methyl sites for hydroxylation is 1. The Morgan fingerprint density at radius 1 is 1.26 bits per heavy atom. The summed E-state index contributed by atoms with van der Waals surface area (Å²) < 4.78 is 0.952. The topological polar surface area (TPSA) is 53.4 Å². The third kappa shape index (κ3) is 2.84. The molecule has 0 amide bonds. The second-order valence-electron chi connectivity index (χ2n) is 5.74. The van der Waals surface area contributed by atoms with Crippen molar-refractivity contribution >= 4 is 38.5 Å². The maximum atomic E-state index is 4.74. The Morgan fingerprint density at radius 2 is 2.17 bits per heavy atom. The lowest BCUT2D eigenvalue weighted by Crippen LogP contribution is -2.04. The van der Waals surface area contributed by atoms with Crippen LogP contribution in [-0.2, 0) is 6.42 Å². The summed E-state index contributed by atoms with van der Waals surface area (Å²) in [5, 5.41) is 1.04. The number of fused-ring (bicyclic) bond motifs is 1. The summed E-state index contributed by atoms with van der Waals surface area (Å²) in [5.41, 5.74) is 5.52. The van der Waals surface area contributed by atoms with Gasteiger partial charge in [0.15, 0.2) is 5.84 Å². The molecule has 4 rings (SSSR count). The molecule has 0 spiro atoms. The fourth-order valence-electron chi connectivity index (χ4n) is 2.85. The summed E-state index contributed by atoms with van der Waals surface area (Å²) in [6.45, 7) is 2.77. The number of amidine groups is 1. The molecule has 1 N–H and O–H groups in total. The monoisotopic (exact) mass is 366 g/mol. The first-order valence-electron chi connectivity index (χ1n) is 7.48. The Hall–Kier alpha value is -2.27. The number of hydrogen-bond donors (Lipinski definition) is 1. The van der Waals surface area contributed by atoms with Crippen molar-refractivity contribution in [2.45, 2.75) is 13.3 Å². The molecule has 4 nitrogen and oxygen atoms in total. The molecule has 0 fully saturated rings. The third-order valence-corrected chi connectivity index (χ3v) is 4.34. The van der Waals surface area contributed by atoms with Crippen LogP contribution in [0.15, 0.2) is 57.2 Å². The zero-order valence-corrected chi connectivity index (χ0v) is 14.3. The lowest BCUT2D eigenvalue weighted by molar-refractivity contribution is 1.23. The number of hydrogen-bond acceptors (Lipinski definition) is 3. The molecule has 0 unspecified atom stereocenters. The summed E-state index contributed by atoms with van der Waals surface area (Å²) in [6, 6.07) is 10.6.